The van der Waals surface area contributed by atoms with E-state index >= 15 is 0 Å². The Morgan fingerprint density at radius 2 is 1.87 bits per heavy atom. The van der Waals surface area contributed by atoms with Crippen LogP contribution in [0.1, 0.15) is 17.3 Å². The van der Waals surface area contributed by atoms with Crippen LogP contribution in [-0.4, -0.2) is 47.8 Å². The normalized spacial score (nSPS) is 16.8. The third-order valence-corrected chi connectivity index (χ3v) is 5.97. The Kier molecular flexibility index (Phi) is 5.03. The van der Waals surface area contributed by atoms with Crippen LogP contribution in [0.2, 0.25) is 0 Å². The molecule has 2 heterocycles. The van der Waals surface area contributed by atoms with Gasteiger partial charge in [-0.15, -0.1) is 0 Å². The first kappa shape index (κ1) is 20.0. The second kappa shape index (κ2) is 7.53. The number of amides is 1. The summed E-state index contributed by atoms with van der Waals surface area (Å²) in [6.45, 7) is 4.73. The molecule has 1 atom stereocenters. The maximum atomic E-state index is 12.6. The molecule has 158 valence electrons. The number of rotatable bonds is 4. The van der Waals surface area contributed by atoms with E-state index in [9.17, 15) is 9.59 Å². The molecule has 2 aromatic carbocycles. The van der Waals surface area contributed by atoms with E-state index in [-0.39, 0.29) is 11.7 Å². The Labute approximate surface area is 174 Å². The van der Waals surface area contributed by atoms with Crippen LogP contribution >= 0.6 is 0 Å². The predicted molar refractivity (Wildman–Crippen MR) is 118 cm³/mol. The molecule has 1 aromatic heterocycles. The van der Waals surface area contributed by atoms with Crippen molar-refractivity contribution < 1.29 is 9.53 Å². The fourth-order valence-electron chi connectivity index (χ4n) is 4.35. The lowest BCUT2D eigenvalue weighted by Crippen LogP contribution is -2.50. The standard InChI is InChI=1S/C22H27N5O3/c1-13-12-24-8-9-27(13)17-11-19-18(25(2)22(29)26(19)3)10-16(17)14-6-5-7-15(21(23)28)20(14)30-4/h5-7,10-11,13,24H,8-9,12H2,1-4H3,(H2,23,28). The molecule has 0 radical (unpaired) electrons. The van der Waals surface area contributed by atoms with Crippen molar-refractivity contribution in [3.63, 3.8) is 0 Å². The van der Waals surface area contributed by atoms with Crippen LogP contribution in [0.4, 0.5) is 5.69 Å². The predicted octanol–water partition coefficient (Wildman–Crippen LogP) is 1.45. The number of nitrogens with one attached hydrogen (secondary N) is 1. The minimum Gasteiger partial charge on any atom is -0.495 e. The number of fused-ring (bicyclic) bond motifs is 1. The Bertz CT molecular complexity index is 1190. The van der Waals surface area contributed by atoms with Crippen molar-refractivity contribution in [3.8, 4) is 16.9 Å². The fourth-order valence-corrected chi connectivity index (χ4v) is 4.35. The summed E-state index contributed by atoms with van der Waals surface area (Å²) in [6.07, 6.45) is 0. The van der Waals surface area contributed by atoms with Crippen LogP contribution in [0.3, 0.4) is 0 Å². The zero-order valence-electron chi connectivity index (χ0n) is 17.7. The summed E-state index contributed by atoms with van der Waals surface area (Å²) in [7, 11) is 5.08. The largest absolute Gasteiger partial charge is 0.495 e. The van der Waals surface area contributed by atoms with Gasteiger partial charge in [0.25, 0.3) is 5.91 Å². The number of nitrogens with two attached hydrogens (primary N) is 1. The molecule has 0 bridgehead atoms. The van der Waals surface area contributed by atoms with Crippen molar-refractivity contribution in [1.29, 1.82) is 0 Å². The van der Waals surface area contributed by atoms with Crippen LogP contribution in [0.15, 0.2) is 35.1 Å². The van der Waals surface area contributed by atoms with Gasteiger partial charge in [0.1, 0.15) is 5.75 Å². The van der Waals surface area contributed by atoms with Crippen molar-refractivity contribution in [1.82, 2.24) is 14.5 Å². The van der Waals surface area contributed by atoms with Gasteiger partial charge in [0.15, 0.2) is 0 Å². The number of aromatic nitrogens is 2. The molecule has 1 amide bonds. The van der Waals surface area contributed by atoms with E-state index in [0.717, 1.165) is 47.5 Å². The van der Waals surface area contributed by atoms with Gasteiger partial charge in [-0.2, -0.15) is 0 Å². The molecule has 8 heteroatoms. The van der Waals surface area contributed by atoms with E-state index in [2.05, 4.69) is 23.2 Å². The number of aryl methyl sites for hydroxylation is 2. The minimum atomic E-state index is -0.543. The van der Waals surface area contributed by atoms with Crippen LogP contribution in [0.25, 0.3) is 22.2 Å². The summed E-state index contributed by atoms with van der Waals surface area (Å²) < 4.78 is 8.92. The highest BCUT2D eigenvalue weighted by Crippen LogP contribution is 2.41. The number of ether oxygens (including phenoxy) is 1. The fraction of sp³-hybridized carbons (Fsp3) is 0.364. The SMILES string of the molecule is COc1c(C(N)=O)cccc1-c1cc2c(cc1N1CCNCC1C)n(C)c(=O)n2C. The van der Waals surface area contributed by atoms with Crippen molar-refractivity contribution in [2.24, 2.45) is 19.8 Å². The summed E-state index contributed by atoms with van der Waals surface area (Å²) in [4.78, 5) is 26.9. The first-order valence-corrected chi connectivity index (χ1v) is 9.99. The summed E-state index contributed by atoms with van der Waals surface area (Å²) >= 11 is 0. The first-order chi connectivity index (χ1) is 14.3. The molecular formula is C22H27N5O3. The van der Waals surface area contributed by atoms with Gasteiger partial charge in [0.2, 0.25) is 0 Å². The van der Waals surface area contributed by atoms with Crippen molar-refractivity contribution >= 4 is 22.6 Å². The maximum absolute atomic E-state index is 12.6. The Morgan fingerprint density at radius 3 is 2.50 bits per heavy atom. The van der Waals surface area contributed by atoms with Gasteiger partial charge in [-0.3, -0.25) is 13.9 Å². The van der Waals surface area contributed by atoms with E-state index in [4.69, 9.17) is 10.5 Å². The van der Waals surface area contributed by atoms with Crippen LogP contribution in [0.5, 0.6) is 5.75 Å². The van der Waals surface area contributed by atoms with Crippen molar-refractivity contribution in [3.05, 3.63) is 46.4 Å². The summed E-state index contributed by atoms with van der Waals surface area (Å²) in [6, 6.07) is 9.71. The van der Waals surface area contributed by atoms with E-state index in [0.29, 0.717) is 11.3 Å². The van der Waals surface area contributed by atoms with Gasteiger partial charge in [-0.1, -0.05) is 12.1 Å². The smallest absolute Gasteiger partial charge is 0.328 e. The molecule has 1 fully saturated rings. The van der Waals surface area contributed by atoms with E-state index in [1.807, 2.05) is 12.1 Å². The molecule has 1 saturated heterocycles. The molecule has 1 aliphatic rings. The number of carbonyl (C=O) groups is 1. The molecule has 8 nitrogen and oxygen atoms in total. The maximum Gasteiger partial charge on any atom is 0.328 e. The Morgan fingerprint density at radius 1 is 1.17 bits per heavy atom. The van der Waals surface area contributed by atoms with E-state index in [1.54, 1.807) is 35.4 Å². The van der Waals surface area contributed by atoms with Gasteiger partial charge in [-0.25, -0.2) is 4.79 Å². The Balaban J connectivity index is 2.07. The van der Waals surface area contributed by atoms with Gasteiger partial charge >= 0.3 is 5.69 Å². The summed E-state index contributed by atoms with van der Waals surface area (Å²) in [5.41, 5.74) is 10.2. The van der Waals surface area contributed by atoms with Crippen LogP contribution in [-0.2, 0) is 14.1 Å². The first-order valence-electron chi connectivity index (χ1n) is 9.99. The lowest BCUT2D eigenvalue weighted by Gasteiger charge is -2.37. The van der Waals surface area contributed by atoms with Crippen LogP contribution < -0.4 is 26.4 Å². The van der Waals surface area contributed by atoms with Gasteiger partial charge in [0.05, 0.1) is 23.7 Å². The molecular weight excluding hydrogens is 382 g/mol. The molecule has 0 saturated carbocycles. The number of para-hydroxylation sites is 1. The van der Waals surface area contributed by atoms with Gasteiger partial charge in [-0.05, 0) is 25.1 Å². The zero-order chi connectivity index (χ0) is 21.6. The molecule has 0 aliphatic carbocycles. The molecule has 4 rings (SSSR count). The number of anilines is 1. The zero-order valence-corrected chi connectivity index (χ0v) is 17.7. The quantitative estimate of drug-likeness (QED) is 0.680. The minimum absolute atomic E-state index is 0.0840. The number of nitrogens with zero attached hydrogens (tertiary/aromatic N) is 3. The lowest BCUT2D eigenvalue weighted by atomic mass is 9.97. The number of piperazine rings is 1. The number of hydrogen-bond acceptors (Lipinski definition) is 5. The third-order valence-electron chi connectivity index (χ3n) is 5.97. The molecule has 3 N–H and O–H groups in total. The average Bonchev–Trinajstić information content (AvgIpc) is 2.96. The van der Waals surface area contributed by atoms with Crippen molar-refractivity contribution in [2.45, 2.75) is 13.0 Å². The average molecular weight is 409 g/mol. The number of hydrogen-bond donors (Lipinski definition) is 2. The van der Waals surface area contributed by atoms with Gasteiger partial charge < -0.3 is 20.7 Å². The molecule has 30 heavy (non-hydrogen) atoms. The number of primary amides is 1. The van der Waals surface area contributed by atoms with Crippen LogP contribution in [0, 0.1) is 0 Å². The highest BCUT2D eigenvalue weighted by Gasteiger charge is 2.25. The molecule has 1 aliphatic heterocycles. The topological polar surface area (TPSA) is 94.5 Å². The summed E-state index contributed by atoms with van der Waals surface area (Å²) in [5.74, 6) is -0.103. The lowest BCUT2D eigenvalue weighted by molar-refractivity contribution is 0.0997. The van der Waals surface area contributed by atoms with E-state index in [1.165, 1.54) is 7.11 Å². The van der Waals surface area contributed by atoms with E-state index < -0.39 is 5.91 Å². The Hall–Kier alpha value is -3.26. The molecule has 3 aromatic rings. The highest BCUT2D eigenvalue weighted by molar-refractivity contribution is 6.01. The monoisotopic (exact) mass is 409 g/mol. The van der Waals surface area contributed by atoms with Gasteiger partial charge in [0, 0.05) is 56.6 Å². The third kappa shape index (κ3) is 3.04. The second-order valence-electron chi connectivity index (χ2n) is 7.76. The van der Waals surface area contributed by atoms with Crippen molar-refractivity contribution in [2.75, 3.05) is 31.6 Å². The second-order valence-corrected chi connectivity index (χ2v) is 7.76. The number of benzene rings is 2. The number of carbonyl (C=O) groups excluding carboxylic acids is 1. The number of methoxy groups -OCH3 is 1. The molecule has 0 spiro atoms. The number of imidazole rings is 1. The highest BCUT2D eigenvalue weighted by atomic mass is 16.5. The molecule has 1 unspecified atom stereocenters. The summed E-state index contributed by atoms with van der Waals surface area (Å²) in [5, 5.41) is 3.41.